The summed E-state index contributed by atoms with van der Waals surface area (Å²) in [5.74, 6) is 0.414. The van der Waals surface area contributed by atoms with Crippen LogP contribution >= 0.6 is 0 Å². The Morgan fingerprint density at radius 1 is 1.37 bits per heavy atom. The quantitative estimate of drug-likeness (QED) is 0.864. The third-order valence-corrected chi connectivity index (χ3v) is 7.51. The number of nitrogens with one attached hydrogen (secondary N) is 2. The summed E-state index contributed by atoms with van der Waals surface area (Å²) >= 11 is 0. The molecule has 2 aliphatic rings. The first kappa shape index (κ1) is 17.9. The molecule has 2 aromatic heterocycles. The van der Waals surface area contributed by atoms with Crippen LogP contribution in [0.3, 0.4) is 0 Å². The maximum atomic E-state index is 12.9. The van der Waals surface area contributed by atoms with Gasteiger partial charge in [0.25, 0.3) is 11.5 Å². The van der Waals surface area contributed by atoms with Crippen LogP contribution < -0.4 is 16.6 Å². The second-order valence-corrected chi connectivity index (χ2v) is 8.74. The molecule has 2 fully saturated rings. The molecule has 4 rings (SSSR count). The van der Waals surface area contributed by atoms with E-state index in [4.69, 9.17) is 0 Å². The number of rotatable bonds is 3. The minimum atomic E-state index is -0.519. The molecule has 2 bridgehead atoms. The van der Waals surface area contributed by atoms with E-state index in [-0.39, 0.29) is 28.2 Å². The molecular formula is C20H26N4O3. The first-order valence-corrected chi connectivity index (χ1v) is 9.63. The molecule has 2 aliphatic carbocycles. The molecule has 27 heavy (non-hydrogen) atoms. The van der Waals surface area contributed by atoms with Crippen LogP contribution in [-0.4, -0.2) is 26.5 Å². The fourth-order valence-electron chi connectivity index (χ4n) is 5.25. The van der Waals surface area contributed by atoms with Gasteiger partial charge in [0.05, 0.1) is 10.9 Å². The lowest BCUT2D eigenvalue weighted by Crippen LogP contribution is -2.46. The van der Waals surface area contributed by atoms with Gasteiger partial charge in [0.2, 0.25) is 0 Å². The normalized spacial score (nSPS) is 28.6. The highest BCUT2D eigenvalue weighted by Gasteiger charge is 2.61. The lowest BCUT2D eigenvalue weighted by Gasteiger charge is -2.39. The Morgan fingerprint density at radius 3 is 2.70 bits per heavy atom. The van der Waals surface area contributed by atoms with Crippen LogP contribution in [-0.2, 0) is 6.54 Å². The van der Waals surface area contributed by atoms with Gasteiger partial charge in [-0.25, -0.2) is 9.78 Å². The zero-order chi connectivity index (χ0) is 19.6. The summed E-state index contributed by atoms with van der Waals surface area (Å²) in [7, 11) is 0. The molecule has 0 saturated heterocycles. The number of aromatic nitrogens is 3. The lowest BCUT2D eigenvalue weighted by molar-refractivity contribution is 0.0826. The first-order chi connectivity index (χ1) is 12.7. The maximum absolute atomic E-state index is 12.9. The van der Waals surface area contributed by atoms with Crippen molar-refractivity contribution >= 4 is 16.9 Å². The van der Waals surface area contributed by atoms with Gasteiger partial charge in [0.15, 0.2) is 0 Å². The van der Waals surface area contributed by atoms with E-state index < -0.39 is 11.2 Å². The zero-order valence-electron chi connectivity index (χ0n) is 16.3. The summed E-state index contributed by atoms with van der Waals surface area (Å²) < 4.78 is 1.39. The minimum absolute atomic E-state index is 0.0811. The van der Waals surface area contributed by atoms with E-state index in [0.29, 0.717) is 23.7 Å². The van der Waals surface area contributed by atoms with E-state index in [0.717, 1.165) is 12.8 Å². The molecule has 7 heteroatoms. The van der Waals surface area contributed by atoms with Gasteiger partial charge >= 0.3 is 5.69 Å². The third kappa shape index (κ3) is 2.40. The van der Waals surface area contributed by atoms with Crippen LogP contribution in [0.5, 0.6) is 0 Å². The van der Waals surface area contributed by atoms with Gasteiger partial charge in [-0.1, -0.05) is 20.8 Å². The Hall–Kier alpha value is -2.44. The molecule has 2 heterocycles. The van der Waals surface area contributed by atoms with Crippen LogP contribution in [0.1, 0.15) is 57.3 Å². The van der Waals surface area contributed by atoms with Crippen molar-refractivity contribution in [1.82, 2.24) is 19.9 Å². The van der Waals surface area contributed by atoms with Crippen molar-refractivity contribution < 1.29 is 4.79 Å². The highest BCUT2D eigenvalue weighted by molar-refractivity contribution is 5.97. The van der Waals surface area contributed by atoms with Gasteiger partial charge in [0, 0.05) is 18.8 Å². The number of hydrogen-bond donors (Lipinski definition) is 2. The summed E-state index contributed by atoms with van der Waals surface area (Å²) in [6, 6.07) is 1.65. The highest BCUT2D eigenvalue weighted by atomic mass is 16.2. The molecule has 0 radical (unpaired) electrons. The maximum Gasteiger partial charge on any atom is 0.329 e. The standard InChI is InChI=1S/C20H26N4O3/c1-5-24-15-13(17(26)23-18(24)27)8-11(10-21-15)16(25)22-14-9-12-6-7-20(14,4)19(12,2)3/h8,10,12,14H,5-7,9H2,1-4H3,(H,22,25)(H,23,26,27). The van der Waals surface area contributed by atoms with Gasteiger partial charge in [-0.3, -0.25) is 19.1 Å². The van der Waals surface area contributed by atoms with Gasteiger partial charge in [0.1, 0.15) is 5.65 Å². The topological polar surface area (TPSA) is 96.9 Å². The van der Waals surface area contributed by atoms with Crippen LogP contribution in [0.2, 0.25) is 0 Å². The predicted octanol–water partition coefficient (Wildman–Crippen LogP) is 2.05. The molecule has 144 valence electrons. The van der Waals surface area contributed by atoms with E-state index in [2.05, 4.69) is 36.1 Å². The number of fused-ring (bicyclic) bond motifs is 3. The molecule has 0 aliphatic heterocycles. The number of amides is 1. The van der Waals surface area contributed by atoms with Gasteiger partial charge in [-0.05, 0) is 49.0 Å². The number of pyridine rings is 1. The highest BCUT2D eigenvalue weighted by Crippen LogP contribution is 2.65. The van der Waals surface area contributed by atoms with Crippen LogP contribution in [0.4, 0.5) is 0 Å². The predicted molar refractivity (Wildman–Crippen MR) is 103 cm³/mol. The Bertz CT molecular complexity index is 1050. The SMILES string of the molecule is CCn1c(=O)[nH]c(=O)c2cc(C(=O)NC3CC4CCC3(C)C4(C)C)cnc21. The summed E-state index contributed by atoms with van der Waals surface area (Å²) in [6.07, 6.45) is 4.78. The number of nitrogens with zero attached hydrogens (tertiary/aromatic N) is 2. The van der Waals surface area contributed by atoms with Crippen LogP contribution in [0.15, 0.2) is 21.9 Å². The Kier molecular flexibility index (Phi) is 3.84. The zero-order valence-corrected chi connectivity index (χ0v) is 16.3. The van der Waals surface area contributed by atoms with Crippen LogP contribution in [0, 0.1) is 16.7 Å². The van der Waals surface area contributed by atoms with E-state index in [1.807, 2.05) is 0 Å². The summed E-state index contributed by atoms with van der Waals surface area (Å²) in [4.78, 5) is 43.5. The molecule has 0 spiro atoms. The monoisotopic (exact) mass is 370 g/mol. The lowest BCUT2D eigenvalue weighted by atomic mass is 9.69. The molecule has 0 aromatic carbocycles. The number of hydrogen-bond acceptors (Lipinski definition) is 4. The molecule has 3 atom stereocenters. The second kappa shape index (κ2) is 5.78. The average Bonchev–Trinajstić information content (AvgIpc) is 2.95. The van der Waals surface area contributed by atoms with Crippen molar-refractivity contribution in [2.45, 2.75) is 59.5 Å². The number of aromatic amines is 1. The molecule has 2 aromatic rings. The fraction of sp³-hybridized carbons (Fsp3) is 0.600. The summed E-state index contributed by atoms with van der Waals surface area (Å²) in [6.45, 7) is 9.07. The minimum Gasteiger partial charge on any atom is -0.349 e. The summed E-state index contributed by atoms with van der Waals surface area (Å²) in [5.41, 5.74) is -0.0698. The van der Waals surface area contributed by atoms with E-state index in [9.17, 15) is 14.4 Å². The van der Waals surface area contributed by atoms with Crippen LogP contribution in [0.25, 0.3) is 11.0 Å². The van der Waals surface area contributed by atoms with Crippen molar-refractivity contribution in [3.8, 4) is 0 Å². The molecule has 1 amide bonds. The van der Waals surface area contributed by atoms with E-state index in [1.54, 1.807) is 6.92 Å². The van der Waals surface area contributed by atoms with Crippen molar-refractivity contribution in [3.05, 3.63) is 38.7 Å². The second-order valence-electron chi connectivity index (χ2n) is 8.74. The van der Waals surface area contributed by atoms with Crippen molar-refractivity contribution in [2.24, 2.45) is 16.7 Å². The molecule has 2 saturated carbocycles. The van der Waals surface area contributed by atoms with Gasteiger partial charge in [-0.15, -0.1) is 0 Å². The number of H-pyrrole nitrogens is 1. The molecule has 7 nitrogen and oxygen atoms in total. The summed E-state index contributed by atoms with van der Waals surface area (Å²) in [5, 5.41) is 3.44. The van der Waals surface area contributed by atoms with Crippen molar-refractivity contribution in [1.29, 1.82) is 0 Å². The number of carbonyl (C=O) groups is 1. The first-order valence-electron chi connectivity index (χ1n) is 9.63. The van der Waals surface area contributed by atoms with E-state index in [1.165, 1.54) is 23.3 Å². The molecule has 2 N–H and O–H groups in total. The Morgan fingerprint density at radius 2 is 2.11 bits per heavy atom. The van der Waals surface area contributed by atoms with Crippen molar-refractivity contribution in [2.75, 3.05) is 0 Å². The fourth-order valence-corrected chi connectivity index (χ4v) is 5.25. The Labute approximate surface area is 157 Å². The Balaban J connectivity index is 1.67. The molecule has 3 unspecified atom stereocenters. The van der Waals surface area contributed by atoms with E-state index >= 15 is 0 Å². The number of aryl methyl sites for hydroxylation is 1. The average molecular weight is 370 g/mol. The molecular weight excluding hydrogens is 344 g/mol. The largest absolute Gasteiger partial charge is 0.349 e. The number of carbonyl (C=O) groups excluding carboxylic acids is 1. The van der Waals surface area contributed by atoms with Gasteiger partial charge < -0.3 is 5.32 Å². The van der Waals surface area contributed by atoms with Crippen molar-refractivity contribution in [3.63, 3.8) is 0 Å². The van der Waals surface area contributed by atoms with Gasteiger partial charge in [-0.2, -0.15) is 0 Å². The smallest absolute Gasteiger partial charge is 0.329 e. The third-order valence-electron chi connectivity index (χ3n) is 7.51.